The lowest BCUT2D eigenvalue weighted by Crippen LogP contribution is -2.39. The van der Waals surface area contributed by atoms with Crippen molar-refractivity contribution in [3.05, 3.63) is 29.8 Å². The van der Waals surface area contributed by atoms with Gasteiger partial charge in [-0.1, -0.05) is 26.0 Å². The van der Waals surface area contributed by atoms with E-state index in [2.05, 4.69) is 56.1 Å². The molecule has 0 aliphatic heterocycles. The Bertz CT molecular complexity index is 366. The third-order valence-electron chi connectivity index (χ3n) is 3.50. The van der Waals surface area contributed by atoms with Crippen molar-refractivity contribution in [3.8, 4) is 5.75 Å². The van der Waals surface area contributed by atoms with Crippen LogP contribution in [0.5, 0.6) is 5.75 Å². The van der Waals surface area contributed by atoms with Crippen LogP contribution in [-0.4, -0.2) is 37.7 Å². The van der Waals surface area contributed by atoms with E-state index in [0.29, 0.717) is 12.1 Å². The summed E-state index contributed by atoms with van der Waals surface area (Å²) in [5.41, 5.74) is 1.29. The van der Waals surface area contributed by atoms with Gasteiger partial charge in [0.15, 0.2) is 0 Å². The molecule has 0 spiro atoms. The van der Waals surface area contributed by atoms with Gasteiger partial charge in [0.1, 0.15) is 5.75 Å². The molecule has 0 aromatic heterocycles. The molecular weight excluding hydrogens is 236 g/mol. The molecule has 1 aromatic rings. The largest absolute Gasteiger partial charge is 0.497 e. The Hall–Kier alpha value is -1.06. The zero-order valence-electron chi connectivity index (χ0n) is 12.9. The highest BCUT2D eigenvalue weighted by Crippen LogP contribution is 2.20. The van der Waals surface area contributed by atoms with Crippen molar-refractivity contribution in [2.75, 3.05) is 26.7 Å². The Morgan fingerprint density at radius 2 is 2.00 bits per heavy atom. The van der Waals surface area contributed by atoms with Crippen LogP contribution in [0, 0.1) is 0 Å². The predicted octanol–water partition coefficient (Wildman–Crippen LogP) is 3.08. The quantitative estimate of drug-likeness (QED) is 0.781. The summed E-state index contributed by atoms with van der Waals surface area (Å²) in [6.45, 7) is 11.9. The first kappa shape index (κ1) is 16.0. The minimum Gasteiger partial charge on any atom is -0.497 e. The molecule has 19 heavy (non-hydrogen) atoms. The number of ether oxygens (including phenoxy) is 1. The Morgan fingerprint density at radius 3 is 2.53 bits per heavy atom. The van der Waals surface area contributed by atoms with Crippen molar-refractivity contribution in [1.29, 1.82) is 0 Å². The second-order valence-electron chi connectivity index (χ2n) is 5.07. The molecule has 0 amide bonds. The van der Waals surface area contributed by atoms with E-state index in [-0.39, 0.29) is 0 Å². The minimum absolute atomic E-state index is 0.349. The van der Waals surface area contributed by atoms with Crippen LogP contribution in [0.3, 0.4) is 0 Å². The molecular formula is C16H28N2O. The van der Waals surface area contributed by atoms with Gasteiger partial charge in [0.05, 0.1) is 7.11 Å². The van der Waals surface area contributed by atoms with Crippen molar-refractivity contribution >= 4 is 0 Å². The van der Waals surface area contributed by atoms with E-state index < -0.39 is 0 Å². The fourth-order valence-corrected chi connectivity index (χ4v) is 2.33. The Labute approximate surface area is 118 Å². The molecule has 0 saturated carbocycles. The van der Waals surface area contributed by atoms with Crippen molar-refractivity contribution in [1.82, 2.24) is 10.2 Å². The zero-order chi connectivity index (χ0) is 14.3. The summed E-state index contributed by atoms with van der Waals surface area (Å²) >= 11 is 0. The molecule has 1 atom stereocenters. The van der Waals surface area contributed by atoms with Gasteiger partial charge in [0.2, 0.25) is 0 Å². The predicted molar refractivity (Wildman–Crippen MR) is 81.8 cm³/mol. The Kier molecular flexibility index (Phi) is 6.89. The molecule has 1 N–H and O–H groups in total. The van der Waals surface area contributed by atoms with Crippen LogP contribution in [0.4, 0.5) is 0 Å². The molecule has 108 valence electrons. The van der Waals surface area contributed by atoms with Crippen LogP contribution < -0.4 is 10.1 Å². The van der Waals surface area contributed by atoms with E-state index in [9.17, 15) is 0 Å². The smallest absolute Gasteiger partial charge is 0.119 e. The van der Waals surface area contributed by atoms with Gasteiger partial charge in [-0.25, -0.2) is 0 Å². The average Bonchev–Trinajstić information content (AvgIpc) is 2.43. The zero-order valence-corrected chi connectivity index (χ0v) is 12.9. The molecule has 0 heterocycles. The lowest BCUT2D eigenvalue weighted by Gasteiger charge is -2.30. The van der Waals surface area contributed by atoms with E-state index in [1.807, 2.05) is 6.07 Å². The second kappa shape index (κ2) is 8.18. The molecule has 0 bridgehead atoms. The van der Waals surface area contributed by atoms with E-state index in [1.54, 1.807) is 7.11 Å². The number of likely N-dealkylation sites (N-methyl/N-ethyl adjacent to an activating group) is 2. The van der Waals surface area contributed by atoms with E-state index in [0.717, 1.165) is 25.4 Å². The fourth-order valence-electron chi connectivity index (χ4n) is 2.33. The summed E-state index contributed by atoms with van der Waals surface area (Å²) in [6, 6.07) is 9.27. The van der Waals surface area contributed by atoms with Gasteiger partial charge in [-0.05, 0) is 44.6 Å². The maximum atomic E-state index is 5.32. The van der Waals surface area contributed by atoms with E-state index in [1.165, 1.54) is 5.56 Å². The van der Waals surface area contributed by atoms with Crippen LogP contribution >= 0.6 is 0 Å². The van der Waals surface area contributed by atoms with E-state index in [4.69, 9.17) is 4.74 Å². The van der Waals surface area contributed by atoms with Crippen LogP contribution in [0.15, 0.2) is 24.3 Å². The van der Waals surface area contributed by atoms with Gasteiger partial charge in [-0.3, -0.25) is 4.90 Å². The highest BCUT2D eigenvalue weighted by atomic mass is 16.5. The summed E-state index contributed by atoms with van der Waals surface area (Å²) in [5.74, 6) is 0.924. The van der Waals surface area contributed by atoms with Gasteiger partial charge < -0.3 is 10.1 Å². The maximum Gasteiger partial charge on any atom is 0.119 e. The first-order valence-electron chi connectivity index (χ1n) is 7.23. The summed E-state index contributed by atoms with van der Waals surface area (Å²) in [6.07, 6.45) is 0. The molecule has 0 aliphatic rings. The monoisotopic (exact) mass is 264 g/mol. The highest BCUT2D eigenvalue weighted by Gasteiger charge is 2.16. The Balaban J connectivity index is 2.86. The topological polar surface area (TPSA) is 24.5 Å². The summed E-state index contributed by atoms with van der Waals surface area (Å²) in [4.78, 5) is 2.48. The van der Waals surface area contributed by atoms with Crippen molar-refractivity contribution in [2.24, 2.45) is 0 Å². The van der Waals surface area contributed by atoms with E-state index >= 15 is 0 Å². The van der Waals surface area contributed by atoms with Gasteiger partial charge in [-0.15, -0.1) is 0 Å². The first-order valence-corrected chi connectivity index (χ1v) is 7.23. The van der Waals surface area contributed by atoms with Gasteiger partial charge in [0.25, 0.3) is 0 Å². The molecule has 0 aliphatic carbocycles. The maximum absolute atomic E-state index is 5.32. The van der Waals surface area contributed by atoms with Crippen molar-refractivity contribution in [2.45, 2.75) is 39.8 Å². The highest BCUT2D eigenvalue weighted by molar-refractivity contribution is 5.30. The van der Waals surface area contributed by atoms with Crippen molar-refractivity contribution < 1.29 is 4.74 Å². The third kappa shape index (κ3) is 4.84. The average molecular weight is 264 g/mol. The number of nitrogens with one attached hydrogen (secondary N) is 1. The number of rotatable bonds is 8. The third-order valence-corrected chi connectivity index (χ3v) is 3.50. The van der Waals surface area contributed by atoms with Crippen LogP contribution in [0.1, 0.15) is 39.3 Å². The van der Waals surface area contributed by atoms with Crippen LogP contribution in [0.2, 0.25) is 0 Å². The molecule has 1 unspecified atom stereocenters. The normalized spacial score (nSPS) is 13.0. The summed E-state index contributed by atoms with van der Waals surface area (Å²) in [5, 5.41) is 3.57. The van der Waals surface area contributed by atoms with Crippen LogP contribution in [0.25, 0.3) is 0 Å². The molecule has 0 saturated heterocycles. The molecule has 0 fully saturated rings. The lowest BCUT2D eigenvalue weighted by molar-refractivity contribution is 0.208. The SMILES string of the molecule is CCNC(CN(CC)C(C)C)c1cccc(OC)c1. The number of nitrogens with zero attached hydrogens (tertiary/aromatic N) is 1. The van der Waals surface area contributed by atoms with Gasteiger partial charge >= 0.3 is 0 Å². The second-order valence-corrected chi connectivity index (χ2v) is 5.07. The minimum atomic E-state index is 0.349. The van der Waals surface area contributed by atoms with Crippen molar-refractivity contribution in [3.63, 3.8) is 0 Å². The molecule has 1 rings (SSSR count). The number of hydrogen-bond acceptors (Lipinski definition) is 3. The molecule has 1 aromatic carbocycles. The fraction of sp³-hybridized carbons (Fsp3) is 0.625. The molecule has 3 nitrogen and oxygen atoms in total. The molecule has 0 radical (unpaired) electrons. The first-order chi connectivity index (χ1) is 9.12. The number of hydrogen-bond donors (Lipinski definition) is 1. The lowest BCUT2D eigenvalue weighted by atomic mass is 10.1. The number of benzene rings is 1. The summed E-state index contributed by atoms with van der Waals surface area (Å²) < 4.78 is 5.32. The standard InChI is InChI=1S/C16H28N2O/c1-6-17-16(12-18(7-2)13(3)4)14-9-8-10-15(11-14)19-5/h8-11,13,16-17H,6-7,12H2,1-5H3. The van der Waals surface area contributed by atoms with Gasteiger partial charge in [0, 0.05) is 18.6 Å². The number of methoxy groups -OCH3 is 1. The molecule has 3 heteroatoms. The van der Waals surface area contributed by atoms with Gasteiger partial charge in [-0.2, -0.15) is 0 Å². The Morgan fingerprint density at radius 1 is 1.26 bits per heavy atom. The van der Waals surface area contributed by atoms with Crippen LogP contribution in [-0.2, 0) is 0 Å². The summed E-state index contributed by atoms with van der Waals surface area (Å²) in [7, 11) is 1.72.